The van der Waals surface area contributed by atoms with Crippen LogP contribution in [0.15, 0.2) is 0 Å². The molecule has 88 valence electrons. The summed E-state index contributed by atoms with van der Waals surface area (Å²) in [5.41, 5.74) is 0. The highest BCUT2D eigenvalue weighted by molar-refractivity contribution is 5.83. The highest BCUT2D eigenvalue weighted by Crippen LogP contribution is 1.82. The fourth-order valence-corrected chi connectivity index (χ4v) is 1.08. The number of nitrogens with one attached hydrogen (secondary N) is 4. The van der Waals surface area contributed by atoms with Crippen molar-refractivity contribution < 1.29 is 9.59 Å². The van der Waals surface area contributed by atoms with E-state index < -0.39 is 0 Å². The minimum absolute atomic E-state index is 0.0788. The molecule has 6 heteroatoms. The standard InChI is InChI=1S/C9H20N4O2/c1-10-6-7(11-2)9(15)13-5-4-8(14)12-3/h7,10-11H,4-6H2,1-3H3,(H,12,14)(H,13,15). The molecule has 0 radical (unpaired) electrons. The zero-order valence-electron chi connectivity index (χ0n) is 9.52. The summed E-state index contributed by atoms with van der Waals surface area (Å²) in [4.78, 5) is 22.4. The van der Waals surface area contributed by atoms with Crippen molar-refractivity contribution in [2.24, 2.45) is 0 Å². The van der Waals surface area contributed by atoms with E-state index in [1.54, 1.807) is 21.1 Å². The Hall–Kier alpha value is -1.14. The van der Waals surface area contributed by atoms with Gasteiger partial charge in [0.1, 0.15) is 0 Å². The Balaban J connectivity index is 3.75. The van der Waals surface area contributed by atoms with E-state index in [0.29, 0.717) is 19.5 Å². The molecule has 0 bridgehead atoms. The Labute approximate surface area is 90.2 Å². The molecule has 0 aromatic heterocycles. The normalized spacial score (nSPS) is 11.9. The first-order valence-electron chi connectivity index (χ1n) is 4.95. The van der Waals surface area contributed by atoms with E-state index in [9.17, 15) is 9.59 Å². The van der Waals surface area contributed by atoms with Crippen molar-refractivity contribution in [1.82, 2.24) is 21.3 Å². The van der Waals surface area contributed by atoms with Crippen LogP contribution in [0, 0.1) is 0 Å². The Morgan fingerprint density at radius 1 is 1.20 bits per heavy atom. The number of hydrogen-bond acceptors (Lipinski definition) is 4. The summed E-state index contributed by atoms with van der Waals surface area (Å²) in [5.74, 6) is -0.180. The Bertz CT molecular complexity index is 208. The quantitative estimate of drug-likeness (QED) is 0.398. The number of rotatable bonds is 7. The van der Waals surface area contributed by atoms with Gasteiger partial charge in [-0.3, -0.25) is 9.59 Å². The van der Waals surface area contributed by atoms with E-state index in [-0.39, 0.29) is 17.9 Å². The molecule has 0 saturated heterocycles. The molecule has 6 nitrogen and oxygen atoms in total. The van der Waals surface area contributed by atoms with Gasteiger partial charge < -0.3 is 21.3 Å². The third kappa shape index (κ3) is 6.03. The lowest BCUT2D eigenvalue weighted by atomic mass is 10.2. The van der Waals surface area contributed by atoms with Gasteiger partial charge in [0, 0.05) is 26.6 Å². The Morgan fingerprint density at radius 2 is 1.87 bits per heavy atom. The van der Waals surface area contributed by atoms with Crippen LogP contribution < -0.4 is 21.3 Å². The number of carbonyl (C=O) groups is 2. The Kier molecular flexibility index (Phi) is 7.57. The first kappa shape index (κ1) is 13.9. The van der Waals surface area contributed by atoms with Gasteiger partial charge in [0.2, 0.25) is 11.8 Å². The summed E-state index contributed by atoms with van der Waals surface area (Å²) < 4.78 is 0. The summed E-state index contributed by atoms with van der Waals surface area (Å²) >= 11 is 0. The van der Waals surface area contributed by atoms with Gasteiger partial charge in [-0.25, -0.2) is 0 Å². The van der Waals surface area contributed by atoms with Gasteiger partial charge in [-0.15, -0.1) is 0 Å². The molecule has 4 N–H and O–H groups in total. The number of carbonyl (C=O) groups excluding carboxylic acids is 2. The van der Waals surface area contributed by atoms with Crippen LogP contribution in [0.5, 0.6) is 0 Å². The first-order chi connectivity index (χ1) is 7.15. The van der Waals surface area contributed by atoms with E-state index in [4.69, 9.17) is 0 Å². The van der Waals surface area contributed by atoms with Crippen LogP contribution in [0.3, 0.4) is 0 Å². The lowest BCUT2D eigenvalue weighted by Crippen LogP contribution is -2.48. The van der Waals surface area contributed by atoms with Gasteiger partial charge >= 0.3 is 0 Å². The van der Waals surface area contributed by atoms with Crippen molar-refractivity contribution in [2.45, 2.75) is 12.5 Å². The molecule has 0 aliphatic rings. The maximum absolute atomic E-state index is 11.5. The molecule has 0 aromatic carbocycles. The molecule has 1 unspecified atom stereocenters. The molecule has 0 aliphatic heterocycles. The molecule has 1 atom stereocenters. The lowest BCUT2D eigenvalue weighted by molar-refractivity contribution is -0.123. The second kappa shape index (κ2) is 8.19. The van der Waals surface area contributed by atoms with Crippen molar-refractivity contribution in [3.8, 4) is 0 Å². The second-order valence-electron chi connectivity index (χ2n) is 3.11. The first-order valence-corrected chi connectivity index (χ1v) is 4.95. The third-order valence-electron chi connectivity index (χ3n) is 2.00. The van der Waals surface area contributed by atoms with Gasteiger partial charge in [-0.1, -0.05) is 0 Å². The largest absolute Gasteiger partial charge is 0.359 e. The highest BCUT2D eigenvalue weighted by Gasteiger charge is 2.14. The van der Waals surface area contributed by atoms with Crippen molar-refractivity contribution in [1.29, 1.82) is 0 Å². The van der Waals surface area contributed by atoms with Crippen LogP contribution >= 0.6 is 0 Å². The van der Waals surface area contributed by atoms with E-state index >= 15 is 0 Å². The van der Waals surface area contributed by atoms with Crippen LogP contribution in [-0.4, -0.2) is 52.1 Å². The predicted octanol–water partition coefficient (Wildman–Crippen LogP) is -1.95. The van der Waals surface area contributed by atoms with Crippen LogP contribution in [-0.2, 0) is 9.59 Å². The molecule has 0 rings (SSSR count). The van der Waals surface area contributed by atoms with Crippen molar-refractivity contribution in [2.75, 3.05) is 34.2 Å². The zero-order valence-corrected chi connectivity index (χ0v) is 9.52. The molecule has 0 fully saturated rings. The summed E-state index contributed by atoms with van der Waals surface area (Å²) in [6.07, 6.45) is 0.304. The number of hydrogen-bond donors (Lipinski definition) is 4. The molecule has 0 spiro atoms. The topological polar surface area (TPSA) is 82.3 Å². The fraction of sp³-hybridized carbons (Fsp3) is 0.778. The molecule has 0 saturated carbocycles. The monoisotopic (exact) mass is 216 g/mol. The van der Waals surface area contributed by atoms with Gasteiger partial charge in [0.25, 0.3) is 0 Å². The minimum atomic E-state index is -0.264. The number of amides is 2. The molecule has 2 amide bonds. The van der Waals surface area contributed by atoms with Gasteiger partial charge in [-0.2, -0.15) is 0 Å². The van der Waals surface area contributed by atoms with Crippen LogP contribution in [0.25, 0.3) is 0 Å². The van der Waals surface area contributed by atoms with Crippen LogP contribution in [0.2, 0.25) is 0 Å². The van der Waals surface area contributed by atoms with E-state index in [2.05, 4.69) is 21.3 Å². The SMILES string of the molecule is CNCC(NC)C(=O)NCCC(=O)NC. The predicted molar refractivity (Wildman–Crippen MR) is 58.5 cm³/mol. The third-order valence-corrected chi connectivity index (χ3v) is 2.00. The van der Waals surface area contributed by atoms with E-state index in [0.717, 1.165) is 0 Å². The highest BCUT2D eigenvalue weighted by atomic mass is 16.2. The maximum Gasteiger partial charge on any atom is 0.238 e. The molecule has 0 aliphatic carbocycles. The van der Waals surface area contributed by atoms with Crippen molar-refractivity contribution >= 4 is 11.8 Å². The van der Waals surface area contributed by atoms with Gasteiger partial charge in [-0.05, 0) is 14.1 Å². The summed E-state index contributed by atoms with van der Waals surface area (Å²) in [6, 6.07) is -0.264. The molecular weight excluding hydrogens is 196 g/mol. The van der Waals surface area contributed by atoms with Gasteiger partial charge in [0.05, 0.1) is 6.04 Å². The lowest BCUT2D eigenvalue weighted by Gasteiger charge is -2.15. The molecule has 0 aromatic rings. The number of likely N-dealkylation sites (N-methyl/N-ethyl adjacent to an activating group) is 2. The minimum Gasteiger partial charge on any atom is -0.359 e. The molecule has 0 heterocycles. The van der Waals surface area contributed by atoms with Crippen LogP contribution in [0.4, 0.5) is 0 Å². The average molecular weight is 216 g/mol. The van der Waals surface area contributed by atoms with E-state index in [1.807, 2.05) is 0 Å². The average Bonchev–Trinajstić information content (AvgIpc) is 2.25. The maximum atomic E-state index is 11.5. The Morgan fingerprint density at radius 3 is 2.33 bits per heavy atom. The van der Waals surface area contributed by atoms with E-state index in [1.165, 1.54) is 0 Å². The zero-order chi connectivity index (χ0) is 11.7. The van der Waals surface area contributed by atoms with Gasteiger partial charge in [0.15, 0.2) is 0 Å². The molecule has 15 heavy (non-hydrogen) atoms. The summed E-state index contributed by atoms with van der Waals surface area (Å²) in [7, 11) is 5.07. The second-order valence-corrected chi connectivity index (χ2v) is 3.11. The van der Waals surface area contributed by atoms with Crippen molar-refractivity contribution in [3.05, 3.63) is 0 Å². The fourth-order valence-electron chi connectivity index (χ4n) is 1.08. The van der Waals surface area contributed by atoms with Crippen LogP contribution in [0.1, 0.15) is 6.42 Å². The smallest absolute Gasteiger partial charge is 0.238 e. The summed E-state index contributed by atoms with van der Waals surface area (Å²) in [6.45, 7) is 0.919. The summed E-state index contributed by atoms with van der Waals surface area (Å²) in [5, 5.41) is 11.0. The van der Waals surface area contributed by atoms with Crippen molar-refractivity contribution in [3.63, 3.8) is 0 Å². The molecular formula is C9H20N4O2.